The van der Waals surface area contributed by atoms with Gasteiger partial charge in [0.05, 0.1) is 14.2 Å². The van der Waals surface area contributed by atoms with Crippen LogP contribution in [0.25, 0.3) is 0 Å². The number of rotatable bonds is 2. The molecule has 0 bridgehead atoms. The molecule has 0 N–H and O–H groups in total. The largest absolute Gasteiger partial charge is 0.468 e. The molecule has 0 unspecified atom stereocenters. The standard InChI is InChI=1S/C15H22O5/c1-9-8-15(13(17)19-2,14(18)20-3)10-6-4-5-7-11(16)12(9)10/h9-10,12H,4-8H2,1-3H3/t9-,10+,12-/m0/s1. The molecule has 5 heteroatoms. The molecule has 112 valence electrons. The maximum absolute atomic E-state index is 12.3. The highest BCUT2D eigenvalue weighted by atomic mass is 16.5. The second kappa shape index (κ2) is 5.54. The van der Waals surface area contributed by atoms with Gasteiger partial charge in [0.1, 0.15) is 5.78 Å². The van der Waals surface area contributed by atoms with Gasteiger partial charge in [-0.1, -0.05) is 13.3 Å². The Morgan fingerprint density at radius 1 is 1.15 bits per heavy atom. The SMILES string of the molecule is COC(=O)C1(C(=O)OC)C[C@H](C)[C@@H]2C(=O)CCCC[C@H]21. The Bertz CT molecular complexity index is 412. The van der Waals surface area contributed by atoms with Crippen molar-refractivity contribution < 1.29 is 23.9 Å². The van der Waals surface area contributed by atoms with Gasteiger partial charge in [-0.15, -0.1) is 0 Å². The normalized spacial score (nSPS) is 32.1. The van der Waals surface area contributed by atoms with E-state index in [-0.39, 0.29) is 23.5 Å². The Kier molecular flexibility index (Phi) is 4.16. The van der Waals surface area contributed by atoms with Crippen molar-refractivity contribution in [1.82, 2.24) is 0 Å². The van der Waals surface area contributed by atoms with Crippen molar-refractivity contribution in [2.24, 2.45) is 23.2 Å². The second-order valence-corrected chi connectivity index (χ2v) is 5.98. The van der Waals surface area contributed by atoms with Crippen molar-refractivity contribution in [3.63, 3.8) is 0 Å². The minimum atomic E-state index is -1.30. The summed E-state index contributed by atoms with van der Waals surface area (Å²) < 4.78 is 9.77. The fraction of sp³-hybridized carbons (Fsp3) is 0.800. The van der Waals surface area contributed by atoms with E-state index in [0.717, 1.165) is 12.8 Å². The first-order valence-electron chi connectivity index (χ1n) is 7.18. The number of Topliss-reactive ketones (excluding diaryl/α,β-unsaturated/α-hetero) is 1. The summed E-state index contributed by atoms with van der Waals surface area (Å²) in [5.41, 5.74) is -1.30. The molecule has 0 radical (unpaired) electrons. The average molecular weight is 282 g/mol. The van der Waals surface area contributed by atoms with Crippen molar-refractivity contribution >= 4 is 17.7 Å². The third kappa shape index (κ3) is 2.03. The van der Waals surface area contributed by atoms with Crippen LogP contribution >= 0.6 is 0 Å². The van der Waals surface area contributed by atoms with Crippen LogP contribution in [-0.4, -0.2) is 31.9 Å². The Morgan fingerprint density at radius 2 is 1.75 bits per heavy atom. The number of methoxy groups -OCH3 is 2. The van der Waals surface area contributed by atoms with Crippen LogP contribution in [-0.2, 0) is 23.9 Å². The van der Waals surface area contributed by atoms with Crippen molar-refractivity contribution in [1.29, 1.82) is 0 Å². The molecule has 2 aliphatic rings. The van der Waals surface area contributed by atoms with Crippen LogP contribution in [0.4, 0.5) is 0 Å². The Labute approximate surface area is 119 Å². The first-order valence-corrected chi connectivity index (χ1v) is 7.18. The number of esters is 2. The summed E-state index contributed by atoms with van der Waals surface area (Å²) in [5, 5.41) is 0. The van der Waals surface area contributed by atoms with E-state index in [2.05, 4.69) is 0 Å². The number of ketones is 1. The number of hydrogen-bond acceptors (Lipinski definition) is 5. The molecule has 2 fully saturated rings. The minimum Gasteiger partial charge on any atom is -0.468 e. The molecule has 3 atom stereocenters. The summed E-state index contributed by atoms with van der Waals surface area (Å²) in [6, 6.07) is 0. The van der Waals surface area contributed by atoms with Gasteiger partial charge in [0.2, 0.25) is 0 Å². The molecule has 0 aromatic carbocycles. The molecular weight excluding hydrogens is 260 g/mol. The maximum atomic E-state index is 12.3. The molecule has 20 heavy (non-hydrogen) atoms. The molecule has 0 aliphatic heterocycles. The van der Waals surface area contributed by atoms with Gasteiger partial charge < -0.3 is 9.47 Å². The van der Waals surface area contributed by atoms with Gasteiger partial charge in [-0.2, -0.15) is 0 Å². The van der Waals surface area contributed by atoms with Gasteiger partial charge in [0.15, 0.2) is 5.41 Å². The lowest BCUT2D eigenvalue weighted by molar-refractivity contribution is -0.173. The fourth-order valence-electron chi connectivity index (χ4n) is 4.20. The van der Waals surface area contributed by atoms with Gasteiger partial charge in [0, 0.05) is 12.3 Å². The quantitative estimate of drug-likeness (QED) is 0.570. The average Bonchev–Trinajstić information content (AvgIpc) is 2.60. The summed E-state index contributed by atoms with van der Waals surface area (Å²) in [7, 11) is 2.56. The summed E-state index contributed by atoms with van der Waals surface area (Å²) in [5.74, 6) is -1.45. The zero-order valence-corrected chi connectivity index (χ0v) is 12.3. The maximum Gasteiger partial charge on any atom is 0.323 e. The zero-order valence-electron chi connectivity index (χ0n) is 12.3. The van der Waals surface area contributed by atoms with Gasteiger partial charge in [-0.05, 0) is 31.1 Å². The van der Waals surface area contributed by atoms with Crippen LogP contribution in [0.5, 0.6) is 0 Å². The Morgan fingerprint density at radius 3 is 2.30 bits per heavy atom. The van der Waals surface area contributed by atoms with Crippen molar-refractivity contribution in [3.8, 4) is 0 Å². The lowest BCUT2D eigenvalue weighted by atomic mass is 9.72. The first-order chi connectivity index (χ1) is 9.48. The number of carbonyl (C=O) groups excluding carboxylic acids is 3. The number of ether oxygens (including phenoxy) is 2. The van der Waals surface area contributed by atoms with Crippen molar-refractivity contribution in [2.45, 2.75) is 39.0 Å². The molecule has 5 nitrogen and oxygen atoms in total. The van der Waals surface area contributed by atoms with Crippen LogP contribution in [0.1, 0.15) is 39.0 Å². The number of fused-ring (bicyclic) bond motifs is 1. The molecule has 0 heterocycles. The smallest absolute Gasteiger partial charge is 0.323 e. The molecule has 0 saturated heterocycles. The van der Waals surface area contributed by atoms with E-state index in [1.165, 1.54) is 14.2 Å². The molecule has 2 saturated carbocycles. The second-order valence-electron chi connectivity index (χ2n) is 5.98. The van der Waals surface area contributed by atoms with Crippen LogP contribution in [0.3, 0.4) is 0 Å². The van der Waals surface area contributed by atoms with E-state index in [1.807, 2.05) is 6.92 Å². The van der Waals surface area contributed by atoms with E-state index in [9.17, 15) is 14.4 Å². The predicted octanol–water partition coefficient (Wildman–Crippen LogP) is 1.73. The first kappa shape index (κ1) is 15.0. The van der Waals surface area contributed by atoms with Crippen molar-refractivity contribution in [2.75, 3.05) is 14.2 Å². The third-order valence-corrected chi connectivity index (χ3v) is 4.98. The van der Waals surface area contributed by atoms with E-state index >= 15 is 0 Å². The Hall–Kier alpha value is -1.39. The van der Waals surface area contributed by atoms with Crippen LogP contribution in [0.15, 0.2) is 0 Å². The highest BCUT2D eigenvalue weighted by molar-refractivity contribution is 6.02. The van der Waals surface area contributed by atoms with E-state index < -0.39 is 17.4 Å². The van der Waals surface area contributed by atoms with Gasteiger partial charge >= 0.3 is 11.9 Å². The number of hydrogen-bond donors (Lipinski definition) is 0. The van der Waals surface area contributed by atoms with Crippen LogP contribution in [0, 0.1) is 23.2 Å². The van der Waals surface area contributed by atoms with Gasteiger partial charge in [-0.3, -0.25) is 14.4 Å². The van der Waals surface area contributed by atoms with Crippen LogP contribution < -0.4 is 0 Å². The molecule has 2 aliphatic carbocycles. The summed E-state index contributed by atoms with van der Waals surface area (Å²) in [6.07, 6.45) is 3.27. The topological polar surface area (TPSA) is 69.7 Å². The third-order valence-electron chi connectivity index (χ3n) is 4.98. The molecule has 0 aromatic heterocycles. The van der Waals surface area contributed by atoms with E-state index in [0.29, 0.717) is 19.3 Å². The summed E-state index contributed by atoms with van der Waals surface area (Å²) in [4.78, 5) is 37.0. The van der Waals surface area contributed by atoms with Crippen molar-refractivity contribution in [3.05, 3.63) is 0 Å². The molecule has 0 amide bonds. The lowest BCUT2D eigenvalue weighted by Gasteiger charge is -2.31. The Balaban J connectivity index is 2.49. The highest BCUT2D eigenvalue weighted by Gasteiger charge is 2.64. The highest BCUT2D eigenvalue weighted by Crippen LogP contribution is 2.55. The number of carbonyl (C=O) groups is 3. The summed E-state index contributed by atoms with van der Waals surface area (Å²) in [6.45, 7) is 1.94. The molecular formula is C15H22O5. The van der Waals surface area contributed by atoms with Gasteiger partial charge in [-0.25, -0.2) is 0 Å². The molecule has 2 rings (SSSR count). The van der Waals surface area contributed by atoms with E-state index in [1.54, 1.807) is 0 Å². The molecule has 0 aromatic rings. The molecule has 0 spiro atoms. The summed E-state index contributed by atoms with van der Waals surface area (Å²) >= 11 is 0. The minimum absolute atomic E-state index is 0.00352. The zero-order chi connectivity index (χ0) is 14.9. The lowest BCUT2D eigenvalue weighted by Crippen LogP contribution is -2.45. The monoisotopic (exact) mass is 282 g/mol. The van der Waals surface area contributed by atoms with E-state index in [4.69, 9.17) is 9.47 Å². The van der Waals surface area contributed by atoms with Gasteiger partial charge in [0.25, 0.3) is 0 Å². The fourth-order valence-corrected chi connectivity index (χ4v) is 4.20. The van der Waals surface area contributed by atoms with Crippen LogP contribution in [0.2, 0.25) is 0 Å². The predicted molar refractivity (Wildman–Crippen MR) is 70.7 cm³/mol.